The average Bonchev–Trinajstić information content (AvgIpc) is 2.36. The largest absolute Gasteiger partial charge is 0.488 e. The van der Waals surface area contributed by atoms with E-state index in [4.69, 9.17) is 33.7 Å². The minimum atomic E-state index is -0.837. The minimum Gasteiger partial charge on any atom is -0.488 e. The second-order valence-corrected chi connectivity index (χ2v) is 6.94. The Balaban J connectivity index is 2.53. The summed E-state index contributed by atoms with van der Waals surface area (Å²) in [6.45, 7) is 5.82. The summed E-state index contributed by atoms with van der Waals surface area (Å²) in [5.41, 5.74) is 5.02. The smallest absolute Gasteiger partial charge is 0.235 e. The number of aliphatic hydroxyl groups excluding tert-OH is 1. The van der Waals surface area contributed by atoms with Gasteiger partial charge in [0.25, 0.3) is 0 Å². The Morgan fingerprint density at radius 3 is 2.36 bits per heavy atom. The molecule has 4 N–H and O–H groups in total. The third-order valence-corrected chi connectivity index (χ3v) is 3.64. The van der Waals surface area contributed by atoms with Crippen molar-refractivity contribution in [1.29, 1.82) is 0 Å². The normalized spacial score (nSPS) is 14.5. The SMILES string of the molecule is CC(C)(C)[C@H](NCC(O)COc1c(Cl)cccc1Cl)C(N)=O. The minimum absolute atomic E-state index is 0.00786. The first kappa shape index (κ1) is 19.0. The highest BCUT2D eigenvalue weighted by Gasteiger charge is 2.29. The molecule has 1 unspecified atom stereocenters. The fourth-order valence-corrected chi connectivity index (χ4v) is 2.45. The van der Waals surface area contributed by atoms with Crippen molar-refractivity contribution < 1.29 is 14.6 Å². The summed E-state index contributed by atoms with van der Waals surface area (Å²) in [5.74, 6) is -0.137. The second kappa shape index (κ2) is 8.02. The molecule has 0 heterocycles. The van der Waals surface area contributed by atoms with Gasteiger partial charge in [0.15, 0.2) is 5.75 Å². The fraction of sp³-hybridized carbons (Fsp3) is 0.533. The van der Waals surface area contributed by atoms with Gasteiger partial charge in [-0.15, -0.1) is 0 Å². The maximum absolute atomic E-state index is 11.4. The van der Waals surface area contributed by atoms with E-state index >= 15 is 0 Å². The zero-order valence-electron chi connectivity index (χ0n) is 12.9. The Morgan fingerprint density at radius 1 is 1.36 bits per heavy atom. The summed E-state index contributed by atoms with van der Waals surface area (Å²) in [6.07, 6.45) is -0.837. The Labute approximate surface area is 140 Å². The standard InChI is InChI=1S/C15H22Cl2N2O3/c1-15(2,3)13(14(18)21)19-7-9(20)8-22-12-10(16)5-4-6-11(12)17/h4-6,9,13,19-20H,7-8H2,1-3H3,(H2,18,21)/t9?,13-/m1/s1. The molecule has 0 saturated carbocycles. The summed E-state index contributed by atoms with van der Waals surface area (Å²) in [6, 6.07) is 4.45. The van der Waals surface area contributed by atoms with Crippen LogP contribution in [0.5, 0.6) is 5.75 Å². The highest BCUT2D eigenvalue weighted by Crippen LogP contribution is 2.32. The molecule has 0 fully saturated rings. The lowest BCUT2D eigenvalue weighted by Crippen LogP contribution is -2.52. The highest BCUT2D eigenvalue weighted by atomic mass is 35.5. The molecular weight excluding hydrogens is 327 g/mol. The van der Waals surface area contributed by atoms with Crippen LogP contribution in [0.1, 0.15) is 20.8 Å². The molecule has 0 radical (unpaired) electrons. The molecule has 0 spiro atoms. The number of carbonyl (C=O) groups excluding carboxylic acids is 1. The maximum Gasteiger partial charge on any atom is 0.235 e. The van der Waals surface area contributed by atoms with Gasteiger partial charge in [0.2, 0.25) is 5.91 Å². The number of halogens is 2. The van der Waals surface area contributed by atoms with Gasteiger partial charge in [0.05, 0.1) is 16.1 Å². The van der Waals surface area contributed by atoms with Gasteiger partial charge in [-0.1, -0.05) is 50.0 Å². The molecule has 0 aliphatic carbocycles. The number of carbonyl (C=O) groups is 1. The van der Waals surface area contributed by atoms with Gasteiger partial charge < -0.3 is 20.9 Å². The molecule has 124 valence electrons. The molecule has 0 aliphatic heterocycles. The van der Waals surface area contributed by atoms with E-state index in [0.29, 0.717) is 15.8 Å². The zero-order valence-corrected chi connectivity index (χ0v) is 14.4. The van der Waals surface area contributed by atoms with Crippen LogP contribution in [0.2, 0.25) is 10.0 Å². The molecule has 0 aliphatic rings. The van der Waals surface area contributed by atoms with E-state index in [-0.39, 0.29) is 18.6 Å². The number of rotatable bonds is 7. The fourth-order valence-electron chi connectivity index (χ4n) is 1.95. The molecular formula is C15H22Cl2N2O3. The van der Waals surface area contributed by atoms with Gasteiger partial charge in [-0.2, -0.15) is 0 Å². The Morgan fingerprint density at radius 2 is 1.91 bits per heavy atom. The molecule has 5 nitrogen and oxygen atoms in total. The van der Waals surface area contributed by atoms with Gasteiger partial charge in [0.1, 0.15) is 12.7 Å². The lowest BCUT2D eigenvalue weighted by Gasteiger charge is -2.29. The predicted octanol–water partition coefficient (Wildman–Crippen LogP) is 2.22. The van der Waals surface area contributed by atoms with E-state index in [1.54, 1.807) is 18.2 Å². The molecule has 7 heteroatoms. The number of nitrogens with two attached hydrogens (primary N) is 1. The van der Waals surface area contributed by atoms with Crippen LogP contribution >= 0.6 is 23.2 Å². The summed E-state index contributed by atoms with van der Waals surface area (Å²) in [7, 11) is 0. The van der Waals surface area contributed by atoms with Crippen LogP contribution in [0.3, 0.4) is 0 Å². The Hall–Kier alpha value is -1.01. The molecule has 0 bridgehead atoms. The van der Waals surface area contributed by atoms with E-state index in [2.05, 4.69) is 5.32 Å². The average molecular weight is 349 g/mol. The van der Waals surface area contributed by atoms with E-state index in [9.17, 15) is 9.90 Å². The summed E-state index contributed by atoms with van der Waals surface area (Å²) >= 11 is 11.9. The van der Waals surface area contributed by atoms with Crippen LogP contribution in [-0.2, 0) is 4.79 Å². The van der Waals surface area contributed by atoms with Crippen molar-refractivity contribution in [3.8, 4) is 5.75 Å². The van der Waals surface area contributed by atoms with E-state index in [0.717, 1.165) is 0 Å². The molecule has 2 atom stereocenters. The van der Waals surface area contributed by atoms with Gasteiger partial charge >= 0.3 is 0 Å². The predicted molar refractivity (Wildman–Crippen MR) is 88.4 cm³/mol. The molecule has 1 amide bonds. The number of nitrogens with one attached hydrogen (secondary N) is 1. The maximum atomic E-state index is 11.4. The number of amides is 1. The van der Waals surface area contributed by atoms with E-state index in [1.807, 2.05) is 20.8 Å². The summed E-state index contributed by atoms with van der Waals surface area (Å²) < 4.78 is 5.44. The van der Waals surface area contributed by atoms with Crippen molar-refractivity contribution in [2.24, 2.45) is 11.1 Å². The third-order valence-electron chi connectivity index (χ3n) is 3.05. The first-order chi connectivity index (χ1) is 10.1. The number of para-hydroxylation sites is 1. The van der Waals surface area contributed by atoms with E-state index in [1.165, 1.54) is 0 Å². The number of aliphatic hydroxyl groups is 1. The van der Waals surface area contributed by atoms with Crippen LogP contribution < -0.4 is 15.8 Å². The first-order valence-corrected chi connectivity index (χ1v) is 7.66. The lowest BCUT2D eigenvalue weighted by atomic mass is 9.86. The molecule has 1 aromatic rings. The van der Waals surface area contributed by atoms with Crippen LogP contribution in [0.4, 0.5) is 0 Å². The highest BCUT2D eigenvalue weighted by molar-refractivity contribution is 6.37. The van der Waals surface area contributed by atoms with Crippen molar-refractivity contribution in [2.45, 2.75) is 32.9 Å². The number of benzene rings is 1. The number of hydrogen-bond donors (Lipinski definition) is 3. The quantitative estimate of drug-likeness (QED) is 0.705. The zero-order chi connectivity index (χ0) is 16.9. The van der Waals surface area contributed by atoms with Crippen molar-refractivity contribution in [3.63, 3.8) is 0 Å². The number of hydrogen-bond acceptors (Lipinski definition) is 4. The molecule has 1 aromatic carbocycles. The van der Waals surface area contributed by atoms with Crippen molar-refractivity contribution in [2.75, 3.05) is 13.2 Å². The van der Waals surface area contributed by atoms with Gasteiger partial charge in [0, 0.05) is 6.54 Å². The number of primary amides is 1. The lowest BCUT2D eigenvalue weighted by molar-refractivity contribution is -0.122. The Kier molecular flexibility index (Phi) is 6.94. The third kappa shape index (κ3) is 5.65. The topological polar surface area (TPSA) is 84.6 Å². The Bertz CT molecular complexity index is 498. The van der Waals surface area contributed by atoms with Crippen LogP contribution in [0.15, 0.2) is 18.2 Å². The summed E-state index contributed by atoms with van der Waals surface area (Å²) in [5, 5.41) is 13.7. The van der Waals surface area contributed by atoms with Crippen LogP contribution in [0.25, 0.3) is 0 Å². The van der Waals surface area contributed by atoms with Crippen LogP contribution in [-0.4, -0.2) is 36.3 Å². The monoisotopic (exact) mass is 348 g/mol. The van der Waals surface area contributed by atoms with E-state index < -0.39 is 18.1 Å². The first-order valence-electron chi connectivity index (χ1n) is 6.90. The van der Waals surface area contributed by atoms with Gasteiger partial charge in [-0.3, -0.25) is 4.79 Å². The molecule has 1 rings (SSSR count). The van der Waals surface area contributed by atoms with Gasteiger partial charge in [-0.25, -0.2) is 0 Å². The van der Waals surface area contributed by atoms with Crippen molar-refractivity contribution in [3.05, 3.63) is 28.2 Å². The molecule has 0 aromatic heterocycles. The number of ether oxygens (including phenoxy) is 1. The van der Waals surface area contributed by atoms with Gasteiger partial charge in [-0.05, 0) is 17.5 Å². The second-order valence-electron chi connectivity index (χ2n) is 6.13. The van der Waals surface area contributed by atoms with Crippen molar-refractivity contribution in [1.82, 2.24) is 5.32 Å². The molecule has 22 heavy (non-hydrogen) atoms. The van der Waals surface area contributed by atoms with Crippen LogP contribution in [0, 0.1) is 5.41 Å². The van der Waals surface area contributed by atoms with Crippen molar-refractivity contribution >= 4 is 29.1 Å². The molecule has 0 saturated heterocycles. The summed E-state index contributed by atoms with van der Waals surface area (Å²) in [4.78, 5) is 11.4.